The molecule has 0 saturated heterocycles. The summed E-state index contributed by atoms with van der Waals surface area (Å²) in [6.45, 7) is 2.55. The van der Waals surface area contributed by atoms with E-state index in [-0.39, 0.29) is 0 Å². The van der Waals surface area contributed by atoms with Crippen LogP contribution in [0.25, 0.3) is 0 Å². The van der Waals surface area contributed by atoms with E-state index >= 15 is 0 Å². The van der Waals surface area contributed by atoms with Gasteiger partial charge in [0.15, 0.2) is 10.3 Å². The number of aromatic nitrogens is 3. The Morgan fingerprint density at radius 3 is 2.88 bits per heavy atom. The standard InChI is InChI=1S/C9H8Cl2N4S/c1-5-13-6(4-16-5)3-12-7-2-8(10)14-15-9(7)11/h2,4H,3H2,1H3,(H,12,14). The summed E-state index contributed by atoms with van der Waals surface area (Å²) in [4.78, 5) is 4.32. The van der Waals surface area contributed by atoms with Crippen LogP contribution in [0.15, 0.2) is 11.4 Å². The van der Waals surface area contributed by atoms with Gasteiger partial charge >= 0.3 is 0 Å². The highest BCUT2D eigenvalue weighted by molar-refractivity contribution is 7.09. The summed E-state index contributed by atoms with van der Waals surface area (Å²) in [6.07, 6.45) is 0. The number of hydrogen-bond acceptors (Lipinski definition) is 5. The van der Waals surface area contributed by atoms with Gasteiger partial charge in [-0.2, -0.15) is 0 Å². The van der Waals surface area contributed by atoms with Crippen LogP contribution in [0, 0.1) is 6.92 Å². The first-order valence-electron chi connectivity index (χ1n) is 4.49. The number of hydrogen-bond donors (Lipinski definition) is 1. The van der Waals surface area contributed by atoms with Gasteiger partial charge in [-0.3, -0.25) is 0 Å². The van der Waals surface area contributed by atoms with Crippen molar-refractivity contribution >= 4 is 40.2 Å². The van der Waals surface area contributed by atoms with Crippen molar-refractivity contribution in [3.63, 3.8) is 0 Å². The molecule has 2 aromatic heterocycles. The maximum absolute atomic E-state index is 5.86. The summed E-state index contributed by atoms with van der Waals surface area (Å²) in [5, 5.41) is 14.1. The molecule has 0 atom stereocenters. The lowest BCUT2D eigenvalue weighted by molar-refractivity contribution is 1.01. The fraction of sp³-hybridized carbons (Fsp3) is 0.222. The molecule has 1 N–H and O–H groups in total. The zero-order valence-corrected chi connectivity index (χ0v) is 10.7. The second-order valence-corrected chi connectivity index (χ2v) is 4.89. The van der Waals surface area contributed by atoms with E-state index in [9.17, 15) is 0 Å². The largest absolute Gasteiger partial charge is 0.377 e. The molecule has 0 bridgehead atoms. The number of anilines is 1. The van der Waals surface area contributed by atoms with E-state index in [1.165, 1.54) is 0 Å². The SMILES string of the molecule is Cc1nc(CNc2cc(Cl)nnc2Cl)cs1. The molecular formula is C9H8Cl2N4S. The van der Waals surface area contributed by atoms with Crippen LogP contribution >= 0.6 is 34.5 Å². The van der Waals surface area contributed by atoms with Crippen molar-refractivity contribution in [3.8, 4) is 0 Å². The van der Waals surface area contributed by atoms with E-state index in [2.05, 4.69) is 20.5 Å². The van der Waals surface area contributed by atoms with Gasteiger partial charge in [0.1, 0.15) is 0 Å². The molecule has 7 heteroatoms. The zero-order chi connectivity index (χ0) is 11.5. The van der Waals surface area contributed by atoms with Crippen molar-refractivity contribution in [1.29, 1.82) is 0 Å². The highest BCUT2D eigenvalue weighted by Gasteiger charge is 2.04. The minimum Gasteiger partial charge on any atom is -0.377 e. The summed E-state index contributed by atoms with van der Waals surface area (Å²) in [5.41, 5.74) is 1.62. The molecule has 4 nitrogen and oxygen atoms in total. The number of thiazole rings is 1. The topological polar surface area (TPSA) is 50.7 Å². The van der Waals surface area contributed by atoms with E-state index in [0.29, 0.717) is 22.5 Å². The van der Waals surface area contributed by atoms with Gasteiger partial charge in [0.25, 0.3) is 0 Å². The van der Waals surface area contributed by atoms with E-state index in [1.54, 1.807) is 17.4 Å². The van der Waals surface area contributed by atoms with Gasteiger partial charge in [0.2, 0.25) is 0 Å². The summed E-state index contributed by atoms with van der Waals surface area (Å²) < 4.78 is 0. The van der Waals surface area contributed by atoms with Gasteiger partial charge in [0.05, 0.1) is 22.9 Å². The van der Waals surface area contributed by atoms with E-state index in [1.807, 2.05) is 12.3 Å². The molecule has 2 heterocycles. The van der Waals surface area contributed by atoms with Gasteiger partial charge in [-0.1, -0.05) is 23.2 Å². The fourth-order valence-corrected chi connectivity index (χ4v) is 2.07. The van der Waals surface area contributed by atoms with Crippen molar-refractivity contribution < 1.29 is 0 Å². The van der Waals surface area contributed by atoms with Crippen LogP contribution in [-0.4, -0.2) is 15.2 Å². The molecule has 0 saturated carbocycles. The minimum absolute atomic E-state index is 0.302. The average molecular weight is 275 g/mol. The number of aryl methyl sites for hydroxylation is 1. The lowest BCUT2D eigenvalue weighted by Crippen LogP contribution is -2.02. The summed E-state index contributed by atoms with van der Waals surface area (Å²) in [7, 11) is 0. The van der Waals surface area contributed by atoms with Crippen molar-refractivity contribution in [2.24, 2.45) is 0 Å². The fourth-order valence-electron chi connectivity index (χ4n) is 1.15. The van der Waals surface area contributed by atoms with E-state index in [4.69, 9.17) is 23.2 Å². The molecule has 0 spiro atoms. The third-order valence-corrected chi connectivity index (χ3v) is 3.13. The van der Waals surface area contributed by atoms with Crippen molar-refractivity contribution in [3.05, 3.63) is 32.5 Å². The van der Waals surface area contributed by atoms with Gasteiger partial charge in [-0.15, -0.1) is 21.5 Å². The molecule has 0 aliphatic carbocycles. The Kier molecular flexibility index (Phi) is 3.58. The summed E-state index contributed by atoms with van der Waals surface area (Å²) >= 11 is 13.2. The Bertz CT molecular complexity index is 500. The minimum atomic E-state index is 0.302. The lowest BCUT2D eigenvalue weighted by atomic mass is 10.4. The Morgan fingerprint density at radius 2 is 2.19 bits per heavy atom. The zero-order valence-electron chi connectivity index (χ0n) is 8.37. The maximum Gasteiger partial charge on any atom is 0.174 e. The Labute approximate surface area is 107 Å². The van der Waals surface area contributed by atoms with Crippen LogP contribution in [0.3, 0.4) is 0 Å². The number of halogens is 2. The Morgan fingerprint density at radius 1 is 1.38 bits per heavy atom. The van der Waals surface area contributed by atoms with Crippen LogP contribution in [0.2, 0.25) is 10.3 Å². The summed E-state index contributed by atoms with van der Waals surface area (Å²) in [6, 6.07) is 1.64. The Balaban J connectivity index is 2.07. The molecular weight excluding hydrogens is 267 g/mol. The Hall–Kier alpha value is -0.910. The maximum atomic E-state index is 5.86. The van der Waals surface area contributed by atoms with Crippen molar-refractivity contribution in [1.82, 2.24) is 15.2 Å². The van der Waals surface area contributed by atoms with Crippen LogP contribution in [0.4, 0.5) is 5.69 Å². The average Bonchev–Trinajstić information content (AvgIpc) is 2.66. The molecule has 0 radical (unpaired) electrons. The molecule has 0 fully saturated rings. The van der Waals surface area contributed by atoms with Crippen LogP contribution < -0.4 is 5.32 Å². The predicted molar refractivity (Wildman–Crippen MR) is 66.2 cm³/mol. The molecule has 0 amide bonds. The smallest absolute Gasteiger partial charge is 0.174 e. The molecule has 2 rings (SSSR count). The lowest BCUT2D eigenvalue weighted by Gasteiger charge is -2.05. The first kappa shape index (κ1) is 11.6. The van der Waals surface area contributed by atoms with Gasteiger partial charge in [-0.05, 0) is 6.92 Å². The molecule has 0 aliphatic rings. The molecule has 16 heavy (non-hydrogen) atoms. The molecule has 0 aliphatic heterocycles. The van der Waals surface area contributed by atoms with E-state index in [0.717, 1.165) is 10.7 Å². The first-order chi connectivity index (χ1) is 7.65. The van der Waals surface area contributed by atoms with Gasteiger partial charge in [0, 0.05) is 11.4 Å². The van der Waals surface area contributed by atoms with Crippen LogP contribution in [0.1, 0.15) is 10.7 Å². The quantitative estimate of drug-likeness (QED) is 0.934. The third kappa shape index (κ3) is 2.81. The second kappa shape index (κ2) is 4.95. The highest BCUT2D eigenvalue weighted by Crippen LogP contribution is 2.21. The highest BCUT2D eigenvalue weighted by atomic mass is 35.5. The monoisotopic (exact) mass is 274 g/mol. The second-order valence-electron chi connectivity index (χ2n) is 3.08. The number of rotatable bonds is 3. The van der Waals surface area contributed by atoms with Crippen molar-refractivity contribution in [2.45, 2.75) is 13.5 Å². The van der Waals surface area contributed by atoms with Crippen LogP contribution in [-0.2, 0) is 6.54 Å². The predicted octanol–water partition coefficient (Wildman–Crippen LogP) is 3.16. The molecule has 84 valence electrons. The normalized spacial score (nSPS) is 10.4. The van der Waals surface area contributed by atoms with Crippen LogP contribution in [0.5, 0.6) is 0 Å². The molecule has 2 aromatic rings. The van der Waals surface area contributed by atoms with E-state index < -0.39 is 0 Å². The molecule has 0 unspecified atom stereocenters. The first-order valence-corrected chi connectivity index (χ1v) is 6.12. The van der Waals surface area contributed by atoms with Gasteiger partial charge < -0.3 is 5.32 Å². The summed E-state index contributed by atoms with van der Waals surface area (Å²) in [5.74, 6) is 0. The third-order valence-electron chi connectivity index (χ3n) is 1.85. The van der Waals surface area contributed by atoms with Gasteiger partial charge in [-0.25, -0.2) is 4.98 Å². The van der Waals surface area contributed by atoms with Crippen molar-refractivity contribution in [2.75, 3.05) is 5.32 Å². The number of nitrogens with one attached hydrogen (secondary N) is 1. The molecule has 0 aromatic carbocycles. The number of nitrogens with zero attached hydrogens (tertiary/aromatic N) is 3.